The molecule has 1 aromatic rings. The van der Waals surface area contributed by atoms with Crippen molar-refractivity contribution in [2.45, 2.75) is 64.3 Å². The van der Waals surface area contributed by atoms with E-state index in [2.05, 4.69) is 10.6 Å². The minimum atomic E-state index is -0.772. The van der Waals surface area contributed by atoms with E-state index < -0.39 is 5.54 Å². The Kier molecular flexibility index (Phi) is 7.70. The molecule has 2 amide bonds. The van der Waals surface area contributed by atoms with Crippen LogP contribution in [0.4, 0.5) is 11.4 Å². The zero-order chi connectivity index (χ0) is 16.9. The van der Waals surface area contributed by atoms with E-state index in [9.17, 15) is 9.59 Å². The molecule has 1 aliphatic rings. The van der Waals surface area contributed by atoms with E-state index in [1.807, 2.05) is 32.0 Å². The predicted octanol–water partition coefficient (Wildman–Crippen LogP) is 3.76. The largest absolute Gasteiger partial charge is 0.326 e. The monoisotopic (exact) mass is 353 g/mol. The minimum absolute atomic E-state index is 0. The highest BCUT2D eigenvalue weighted by Crippen LogP contribution is 2.29. The fourth-order valence-electron chi connectivity index (χ4n) is 3.00. The van der Waals surface area contributed by atoms with Crippen molar-refractivity contribution in [3.8, 4) is 0 Å². The summed E-state index contributed by atoms with van der Waals surface area (Å²) >= 11 is 0. The predicted molar refractivity (Wildman–Crippen MR) is 101 cm³/mol. The third kappa shape index (κ3) is 4.95. The van der Waals surface area contributed by atoms with E-state index in [-0.39, 0.29) is 24.2 Å². The number of halogens is 1. The van der Waals surface area contributed by atoms with Gasteiger partial charge in [-0.25, -0.2) is 0 Å². The maximum atomic E-state index is 12.6. The van der Waals surface area contributed by atoms with Crippen LogP contribution in [0.25, 0.3) is 0 Å². The topological polar surface area (TPSA) is 84.2 Å². The van der Waals surface area contributed by atoms with Crippen LogP contribution >= 0.6 is 12.4 Å². The van der Waals surface area contributed by atoms with Gasteiger partial charge in [0, 0.05) is 17.8 Å². The zero-order valence-corrected chi connectivity index (χ0v) is 15.3. The molecule has 1 aromatic carbocycles. The van der Waals surface area contributed by atoms with Gasteiger partial charge in [-0.2, -0.15) is 0 Å². The summed E-state index contributed by atoms with van der Waals surface area (Å²) in [5.74, 6) is -0.140. The van der Waals surface area contributed by atoms with Gasteiger partial charge >= 0.3 is 0 Å². The van der Waals surface area contributed by atoms with Gasteiger partial charge in [0.25, 0.3) is 0 Å². The van der Waals surface area contributed by atoms with Gasteiger partial charge in [-0.1, -0.05) is 32.3 Å². The lowest BCUT2D eigenvalue weighted by molar-refractivity contribution is -0.122. The molecule has 1 fully saturated rings. The Labute approximate surface area is 150 Å². The van der Waals surface area contributed by atoms with Crippen LogP contribution in [0.15, 0.2) is 18.2 Å². The molecule has 0 spiro atoms. The number of nitrogens with one attached hydrogen (secondary N) is 2. The molecule has 134 valence electrons. The van der Waals surface area contributed by atoms with E-state index >= 15 is 0 Å². The molecule has 4 N–H and O–H groups in total. The number of rotatable bonds is 5. The summed E-state index contributed by atoms with van der Waals surface area (Å²) in [6.07, 6.45) is 5.88. The number of nitrogens with two attached hydrogens (primary N) is 1. The van der Waals surface area contributed by atoms with Crippen molar-refractivity contribution in [2.24, 2.45) is 5.73 Å². The van der Waals surface area contributed by atoms with E-state index in [0.717, 1.165) is 49.8 Å². The summed E-state index contributed by atoms with van der Waals surface area (Å²) in [6, 6.07) is 5.51. The van der Waals surface area contributed by atoms with Gasteiger partial charge in [0.2, 0.25) is 11.8 Å². The summed E-state index contributed by atoms with van der Waals surface area (Å²) < 4.78 is 0. The van der Waals surface area contributed by atoms with Crippen LogP contribution in [-0.2, 0) is 9.59 Å². The molecule has 1 saturated carbocycles. The molecule has 0 heterocycles. The fraction of sp³-hybridized carbons (Fsp3) is 0.556. The van der Waals surface area contributed by atoms with Crippen molar-refractivity contribution < 1.29 is 9.59 Å². The van der Waals surface area contributed by atoms with Crippen LogP contribution in [0.5, 0.6) is 0 Å². The normalized spacial score (nSPS) is 16.0. The molecular formula is C18H28ClN3O2. The number of hydrogen-bond acceptors (Lipinski definition) is 3. The summed E-state index contributed by atoms with van der Waals surface area (Å²) in [5.41, 5.74) is 7.80. The number of carbonyl (C=O) groups is 2. The second-order valence-corrected chi connectivity index (χ2v) is 6.45. The number of carbonyl (C=O) groups excluding carboxylic acids is 2. The van der Waals surface area contributed by atoms with E-state index in [4.69, 9.17) is 5.73 Å². The van der Waals surface area contributed by atoms with Gasteiger partial charge in [-0.05, 0) is 43.9 Å². The standard InChI is InChI=1S/C18H27N3O2.ClH/c1-3-8-16(22)20-14-9-7-10-15(13(14)2)21-17(23)18(19)11-5-4-6-12-18;/h7,9-10H,3-6,8,11-12,19H2,1-2H3,(H,20,22)(H,21,23);1H. The summed E-state index contributed by atoms with van der Waals surface area (Å²) in [5, 5.41) is 5.84. The lowest BCUT2D eigenvalue weighted by Gasteiger charge is -2.32. The minimum Gasteiger partial charge on any atom is -0.326 e. The molecule has 1 aliphatic carbocycles. The van der Waals surface area contributed by atoms with E-state index in [0.29, 0.717) is 12.1 Å². The van der Waals surface area contributed by atoms with Crippen molar-refractivity contribution in [1.29, 1.82) is 0 Å². The third-order valence-corrected chi connectivity index (χ3v) is 4.53. The van der Waals surface area contributed by atoms with Crippen molar-refractivity contribution in [1.82, 2.24) is 0 Å². The maximum Gasteiger partial charge on any atom is 0.244 e. The van der Waals surface area contributed by atoms with Gasteiger partial charge in [0.15, 0.2) is 0 Å². The van der Waals surface area contributed by atoms with Gasteiger partial charge in [-0.15, -0.1) is 12.4 Å². The highest BCUT2D eigenvalue weighted by atomic mass is 35.5. The maximum absolute atomic E-state index is 12.6. The quantitative estimate of drug-likeness (QED) is 0.753. The van der Waals surface area contributed by atoms with Gasteiger partial charge in [-0.3, -0.25) is 9.59 Å². The summed E-state index contributed by atoms with van der Waals surface area (Å²) in [6.45, 7) is 3.86. The number of amides is 2. The lowest BCUT2D eigenvalue weighted by atomic mass is 9.82. The van der Waals surface area contributed by atoms with Crippen LogP contribution < -0.4 is 16.4 Å². The second-order valence-electron chi connectivity index (χ2n) is 6.45. The second kappa shape index (κ2) is 9.04. The first-order valence-corrected chi connectivity index (χ1v) is 8.46. The highest BCUT2D eigenvalue weighted by Gasteiger charge is 2.35. The van der Waals surface area contributed by atoms with Gasteiger partial charge in [0.1, 0.15) is 0 Å². The lowest BCUT2D eigenvalue weighted by Crippen LogP contribution is -2.52. The molecule has 0 aromatic heterocycles. The Bertz CT molecular complexity index is 584. The molecule has 24 heavy (non-hydrogen) atoms. The van der Waals surface area contributed by atoms with Gasteiger partial charge in [0.05, 0.1) is 5.54 Å². The SMILES string of the molecule is CCCC(=O)Nc1cccc(NC(=O)C2(N)CCCCC2)c1C.Cl. The van der Waals surface area contributed by atoms with Crippen molar-refractivity contribution in [3.63, 3.8) is 0 Å². The summed E-state index contributed by atoms with van der Waals surface area (Å²) in [7, 11) is 0. The first-order valence-electron chi connectivity index (χ1n) is 8.46. The molecule has 0 aliphatic heterocycles. The van der Waals surface area contributed by atoms with E-state index in [1.165, 1.54) is 0 Å². The smallest absolute Gasteiger partial charge is 0.244 e. The van der Waals surface area contributed by atoms with Crippen LogP contribution in [0.3, 0.4) is 0 Å². The first-order chi connectivity index (χ1) is 11.0. The molecule has 0 atom stereocenters. The van der Waals surface area contributed by atoms with Crippen LogP contribution in [0.1, 0.15) is 57.4 Å². The number of hydrogen-bond donors (Lipinski definition) is 3. The Hall–Kier alpha value is -1.59. The molecule has 2 rings (SSSR count). The van der Waals surface area contributed by atoms with Crippen molar-refractivity contribution >= 4 is 35.6 Å². The number of anilines is 2. The fourth-order valence-corrected chi connectivity index (χ4v) is 3.00. The van der Waals surface area contributed by atoms with Crippen molar-refractivity contribution in [2.75, 3.05) is 10.6 Å². The Balaban J connectivity index is 0.00000288. The molecule has 0 bridgehead atoms. The number of benzene rings is 1. The molecule has 6 heteroatoms. The van der Waals surface area contributed by atoms with Crippen molar-refractivity contribution in [3.05, 3.63) is 23.8 Å². The average Bonchev–Trinajstić information content (AvgIpc) is 2.52. The van der Waals surface area contributed by atoms with E-state index in [1.54, 1.807) is 0 Å². The molecule has 0 saturated heterocycles. The average molecular weight is 354 g/mol. The molecule has 5 nitrogen and oxygen atoms in total. The Morgan fingerprint density at radius 2 is 1.71 bits per heavy atom. The summed E-state index contributed by atoms with van der Waals surface area (Å²) in [4.78, 5) is 24.3. The Morgan fingerprint density at radius 3 is 2.29 bits per heavy atom. The zero-order valence-electron chi connectivity index (χ0n) is 14.5. The third-order valence-electron chi connectivity index (χ3n) is 4.53. The highest BCUT2D eigenvalue weighted by molar-refractivity contribution is 6.00. The molecule has 0 unspecified atom stereocenters. The molecular weight excluding hydrogens is 326 g/mol. The molecule has 0 radical (unpaired) electrons. The first kappa shape index (κ1) is 20.5. The Morgan fingerprint density at radius 1 is 1.12 bits per heavy atom. The van der Waals surface area contributed by atoms with Crippen LogP contribution in [0, 0.1) is 6.92 Å². The van der Waals surface area contributed by atoms with Gasteiger partial charge < -0.3 is 16.4 Å². The van der Waals surface area contributed by atoms with Crippen LogP contribution in [0.2, 0.25) is 0 Å². The van der Waals surface area contributed by atoms with Crippen LogP contribution in [-0.4, -0.2) is 17.4 Å².